The van der Waals surface area contributed by atoms with E-state index >= 15 is 0 Å². The third-order valence-corrected chi connectivity index (χ3v) is 3.09. The van der Waals surface area contributed by atoms with Crippen LogP contribution in [0.15, 0.2) is 17.2 Å². The molecule has 1 fully saturated rings. The number of nitrogens with zero attached hydrogens (tertiary/aromatic N) is 3. The van der Waals surface area contributed by atoms with Crippen LogP contribution in [0.5, 0.6) is 0 Å². The van der Waals surface area contributed by atoms with Gasteiger partial charge in [0.05, 0.1) is 0 Å². The van der Waals surface area contributed by atoms with Crippen molar-refractivity contribution in [3.63, 3.8) is 0 Å². The monoisotopic (exact) mass is 209 g/mol. The molecule has 0 bridgehead atoms. The van der Waals surface area contributed by atoms with Gasteiger partial charge in [0.15, 0.2) is 0 Å². The van der Waals surface area contributed by atoms with E-state index in [4.69, 9.17) is 0 Å². The van der Waals surface area contributed by atoms with Gasteiger partial charge in [-0.25, -0.2) is 4.79 Å². The van der Waals surface area contributed by atoms with Crippen LogP contribution < -0.4 is 5.69 Å². The summed E-state index contributed by atoms with van der Waals surface area (Å²) in [5.74, 6) is 0. The first kappa shape index (κ1) is 10.5. The smallest absolute Gasteiger partial charge is 0.303 e. The van der Waals surface area contributed by atoms with Gasteiger partial charge in [-0.2, -0.15) is 0 Å². The number of aryl methyl sites for hydroxylation is 2. The minimum atomic E-state index is 0.0939. The topological polar surface area (TPSA) is 30.2 Å². The Morgan fingerprint density at radius 1 is 1.20 bits per heavy atom. The number of aromatic nitrogens is 2. The predicted octanol–water partition coefficient (Wildman–Crippen LogP) is 0.673. The van der Waals surface area contributed by atoms with Crippen LogP contribution in [0.2, 0.25) is 0 Å². The molecule has 2 rings (SSSR count). The molecule has 1 aromatic rings. The average Bonchev–Trinajstić information content (AvgIpc) is 2.83. The summed E-state index contributed by atoms with van der Waals surface area (Å²) >= 11 is 0. The first-order valence-corrected chi connectivity index (χ1v) is 5.71. The van der Waals surface area contributed by atoms with Crippen molar-refractivity contribution in [3.8, 4) is 0 Å². The molecule has 0 atom stereocenters. The van der Waals surface area contributed by atoms with Crippen molar-refractivity contribution in [1.82, 2.24) is 14.0 Å². The van der Waals surface area contributed by atoms with E-state index in [2.05, 4.69) is 4.90 Å². The van der Waals surface area contributed by atoms with Gasteiger partial charge in [-0.3, -0.25) is 4.57 Å². The van der Waals surface area contributed by atoms with Crippen LogP contribution in [0.25, 0.3) is 0 Å². The van der Waals surface area contributed by atoms with Crippen LogP contribution in [0.4, 0.5) is 0 Å². The normalized spacial score (nSPS) is 17.4. The summed E-state index contributed by atoms with van der Waals surface area (Å²) in [7, 11) is 1.79. The lowest BCUT2D eigenvalue weighted by atomic mass is 10.4. The van der Waals surface area contributed by atoms with Crippen LogP contribution in [0.1, 0.15) is 19.3 Å². The summed E-state index contributed by atoms with van der Waals surface area (Å²) in [6.45, 7) is 4.45. The fraction of sp³-hybridized carbons (Fsp3) is 0.727. The Labute approximate surface area is 90.1 Å². The van der Waals surface area contributed by atoms with Crippen LogP contribution in [0.3, 0.4) is 0 Å². The van der Waals surface area contributed by atoms with Crippen molar-refractivity contribution in [1.29, 1.82) is 0 Å². The van der Waals surface area contributed by atoms with Crippen molar-refractivity contribution >= 4 is 0 Å². The molecule has 15 heavy (non-hydrogen) atoms. The van der Waals surface area contributed by atoms with Gasteiger partial charge < -0.3 is 9.47 Å². The lowest BCUT2D eigenvalue weighted by Gasteiger charge is -2.13. The van der Waals surface area contributed by atoms with Crippen LogP contribution in [0, 0.1) is 0 Å². The van der Waals surface area contributed by atoms with Crippen molar-refractivity contribution in [2.24, 2.45) is 7.05 Å². The Bertz CT molecular complexity index is 360. The van der Waals surface area contributed by atoms with Crippen molar-refractivity contribution < 1.29 is 0 Å². The zero-order valence-electron chi connectivity index (χ0n) is 9.35. The van der Waals surface area contributed by atoms with E-state index in [0.29, 0.717) is 0 Å². The van der Waals surface area contributed by atoms with E-state index in [9.17, 15) is 4.79 Å². The zero-order valence-corrected chi connectivity index (χ0v) is 9.35. The molecular weight excluding hydrogens is 190 g/mol. The van der Waals surface area contributed by atoms with E-state index in [-0.39, 0.29) is 5.69 Å². The summed E-state index contributed by atoms with van der Waals surface area (Å²) in [6.07, 6.45) is 7.44. The summed E-state index contributed by atoms with van der Waals surface area (Å²) in [6, 6.07) is 0. The standard InChI is InChI=1S/C11H19N3O/c1-12-9-10-14(11(12)15)8-4-7-13-5-2-3-6-13/h9-10H,2-8H2,1H3. The first-order chi connectivity index (χ1) is 7.27. The quantitative estimate of drug-likeness (QED) is 0.729. The van der Waals surface area contributed by atoms with Crippen LogP contribution in [-0.4, -0.2) is 33.7 Å². The summed E-state index contributed by atoms with van der Waals surface area (Å²) in [5.41, 5.74) is 0.0939. The Morgan fingerprint density at radius 2 is 1.93 bits per heavy atom. The molecule has 84 valence electrons. The van der Waals surface area contributed by atoms with E-state index in [1.807, 2.05) is 12.4 Å². The summed E-state index contributed by atoms with van der Waals surface area (Å²) < 4.78 is 3.41. The van der Waals surface area contributed by atoms with Gasteiger partial charge in [0.25, 0.3) is 0 Å². The fourth-order valence-corrected chi connectivity index (χ4v) is 2.15. The highest BCUT2D eigenvalue weighted by molar-refractivity contribution is 4.79. The van der Waals surface area contributed by atoms with E-state index < -0.39 is 0 Å². The Balaban J connectivity index is 1.78. The molecule has 0 radical (unpaired) electrons. The molecule has 4 heteroatoms. The van der Waals surface area contributed by atoms with Crippen LogP contribution >= 0.6 is 0 Å². The molecule has 1 aliphatic heterocycles. The summed E-state index contributed by atoms with van der Waals surface area (Å²) in [5, 5.41) is 0. The molecule has 0 aromatic carbocycles. The van der Waals surface area contributed by atoms with Gasteiger partial charge >= 0.3 is 5.69 Å². The second kappa shape index (κ2) is 4.66. The first-order valence-electron chi connectivity index (χ1n) is 5.71. The molecule has 0 unspecified atom stereocenters. The lowest BCUT2D eigenvalue weighted by Crippen LogP contribution is -2.25. The maximum Gasteiger partial charge on any atom is 0.327 e. The molecule has 2 heterocycles. The van der Waals surface area contributed by atoms with Gasteiger partial charge in [-0.1, -0.05) is 0 Å². The highest BCUT2D eigenvalue weighted by Crippen LogP contribution is 2.07. The van der Waals surface area contributed by atoms with Crippen LogP contribution in [-0.2, 0) is 13.6 Å². The van der Waals surface area contributed by atoms with Crippen molar-refractivity contribution in [3.05, 3.63) is 22.9 Å². The van der Waals surface area contributed by atoms with E-state index in [1.54, 1.807) is 16.2 Å². The highest BCUT2D eigenvalue weighted by atomic mass is 16.1. The Morgan fingerprint density at radius 3 is 2.53 bits per heavy atom. The average molecular weight is 209 g/mol. The number of imidazole rings is 1. The van der Waals surface area contributed by atoms with E-state index in [0.717, 1.165) is 19.5 Å². The second-order valence-corrected chi connectivity index (χ2v) is 4.29. The molecule has 0 amide bonds. The zero-order chi connectivity index (χ0) is 10.7. The van der Waals surface area contributed by atoms with E-state index in [1.165, 1.54) is 25.9 Å². The molecule has 1 aliphatic rings. The molecule has 1 saturated heterocycles. The number of hydrogen-bond donors (Lipinski definition) is 0. The molecule has 0 N–H and O–H groups in total. The molecular formula is C11H19N3O. The molecule has 4 nitrogen and oxygen atoms in total. The third kappa shape index (κ3) is 2.50. The second-order valence-electron chi connectivity index (χ2n) is 4.29. The predicted molar refractivity (Wildman–Crippen MR) is 60.0 cm³/mol. The maximum absolute atomic E-state index is 11.5. The Hall–Kier alpha value is -1.03. The SMILES string of the molecule is Cn1ccn(CCCN2CCCC2)c1=O. The number of hydrogen-bond acceptors (Lipinski definition) is 2. The third-order valence-electron chi connectivity index (χ3n) is 3.09. The highest BCUT2D eigenvalue weighted by Gasteiger charge is 2.10. The van der Waals surface area contributed by atoms with Gasteiger partial charge in [-0.05, 0) is 38.9 Å². The van der Waals surface area contributed by atoms with Crippen molar-refractivity contribution in [2.45, 2.75) is 25.8 Å². The van der Waals surface area contributed by atoms with Gasteiger partial charge in [0, 0.05) is 26.0 Å². The summed E-state index contributed by atoms with van der Waals surface area (Å²) in [4.78, 5) is 14.0. The fourth-order valence-electron chi connectivity index (χ4n) is 2.15. The lowest BCUT2D eigenvalue weighted by molar-refractivity contribution is 0.324. The van der Waals surface area contributed by atoms with Gasteiger partial charge in [0.1, 0.15) is 0 Å². The molecule has 0 saturated carbocycles. The van der Waals surface area contributed by atoms with Gasteiger partial charge in [0.2, 0.25) is 0 Å². The van der Waals surface area contributed by atoms with Gasteiger partial charge in [-0.15, -0.1) is 0 Å². The van der Waals surface area contributed by atoms with Crippen molar-refractivity contribution in [2.75, 3.05) is 19.6 Å². The largest absolute Gasteiger partial charge is 0.327 e. The molecule has 0 spiro atoms. The minimum Gasteiger partial charge on any atom is -0.303 e. The number of likely N-dealkylation sites (tertiary alicyclic amines) is 1. The Kier molecular flexibility index (Phi) is 3.26. The maximum atomic E-state index is 11.5. The number of rotatable bonds is 4. The molecule has 1 aromatic heterocycles. The molecule has 0 aliphatic carbocycles. The minimum absolute atomic E-state index is 0.0939.